The number of thiophene rings is 1. The lowest BCUT2D eigenvalue weighted by molar-refractivity contribution is -0.137. The number of nitrogens with one attached hydrogen (secondary N) is 1. The van der Waals surface area contributed by atoms with Crippen LogP contribution >= 0.6 is 11.3 Å². The summed E-state index contributed by atoms with van der Waals surface area (Å²) in [7, 11) is 0. The second-order valence-electron chi connectivity index (χ2n) is 3.85. The van der Waals surface area contributed by atoms with Crippen LogP contribution in [0.3, 0.4) is 0 Å². The zero-order chi connectivity index (χ0) is 15.6. The summed E-state index contributed by atoms with van der Waals surface area (Å²) >= 11 is 0.988. The molecule has 110 valence electrons. The third-order valence-corrected chi connectivity index (χ3v) is 3.28. The van der Waals surface area contributed by atoms with E-state index in [1.807, 2.05) is 0 Å². The second-order valence-corrected chi connectivity index (χ2v) is 4.77. The molecule has 0 spiro atoms. The third kappa shape index (κ3) is 3.37. The fourth-order valence-electron chi connectivity index (χ4n) is 1.44. The minimum Gasteiger partial charge on any atom is -0.478 e. The highest BCUT2D eigenvalue weighted by Crippen LogP contribution is 2.28. The Balaban J connectivity index is 2.17. The number of pyridine rings is 1. The van der Waals surface area contributed by atoms with Gasteiger partial charge in [-0.05, 0) is 23.6 Å². The highest BCUT2D eigenvalue weighted by atomic mass is 32.1. The highest BCUT2D eigenvalue weighted by Gasteiger charge is 2.31. The number of carboxylic acid groups (broad SMARTS) is 1. The van der Waals surface area contributed by atoms with Crippen molar-refractivity contribution in [2.75, 3.05) is 5.32 Å². The standard InChI is InChI=1S/C12H7F3N2O3S/c13-12(14,15)6-1-2-8(16-5-6)9(18)17-10-7(11(19)20)3-4-21-10/h1-5H,(H,17,18)(H,19,20). The summed E-state index contributed by atoms with van der Waals surface area (Å²) in [6.07, 6.45) is -3.99. The van der Waals surface area contributed by atoms with Crippen LogP contribution in [0.25, 0.3) is 0 Å². The number of carbonyl (C=O) groups is 2. The normalized spacial score (nSPS) is 11.2. The average molecular weight is 316 g/mol. The molecule has 0 aliphatic carbocycles. The van der Waals surface area contributed by atoms with Crippen molar-refractivity contribution in [2.45, 2.75) is 6.18 Å². The molecule has 0 unspecified atom stereocenters. The molecule has 2 aromatic heterocycles. The molecule has 5 nitrogen and oxygen atoms in total. The molecule has 0 saturated heterocycles. The van der Waals surface area contributed by atoms with Crippen LogP contribution in [-0.4, -0.2) is 22.0 Å². The van der Waals surface area contributed by atoms with Crippen LogP contribution in [0.2, 0.25) is 0 Å². The van der Waals surface area contributed by atoms with Gasteiger partial charge in [-0.3, -0.25) is 9.78 Å². The molecule has 0 bridgehead atoms. The van der Waals surface area contributed by atoms with Crippen molar-refractivity contribution in [2.24, 2.45) is 0 Å². The predicted octanol–water partition coefficient (Wildman–Crippen LogP) is 3.11. The molecule has 1 amide bonds. The maximum absolute atomic E-state index is 12.4. The smallest absolute Gasteiger partial charge is 0.417 e. The number of carbonyl (C=O) groups excluding carboxylic acids is 1. The fourth-order valence-corrected chi connectivity index (χ4v) is 2.21. The van der Waals surface area contributed by atoms with Crippen LogP contribution in [-0.2, 0) is 6.18 Å². The number of carboxylic acids is 1. The van der Waals surface area contributed by atoms with E-state index in [-0.39, 0.29) is 16.3 Å². The van der Waals surface area contributed by atoms with Crippen molar-refractivity contribution in [3.05, 3.63) is 46.6 Å². The molecule has 0 aromatic carbocycles. The van der Waals surface area contributed by atoms with Crippen molar-refractivity contribution < 1.29 is 27.9 Å². The zero-order valence-corrected chi connectivity index (χ0v) is 11.0. The van der Waals surface area contributed by atoms with Crippen molar-refractivity contribution in [3.8, 4) is 0 Å². The van der Waals surface area contributed by atoms with E-state index in [0.29, 0.717) is 6.20 Å². The maximum Gasteiger partial charge on any atom is 0.417 e. The molecule has 0 radical (unpaired) electrons. The van der Waals surface area contributed by atoms with Crippen LogP contribution in [0.4, 0.5) is 18.2 Å². The molecule has 0 atom stereocenters. The van der Waals surface area contributed by atoms with Gasteiger partial charge >= 0.3 is 12.1 Å². The van der Waals surface area contributed by atoms with Crippen LogP contribution in [0.15, 0.2) is 29.8 Å². The van der Waals surface area contributed by atoms with E-state index in [9.17, 15) is 22.8 Å². The first kappa shape index (κ1) is 15.0. The summed E-state index contributed by atoms with van der Waals surface area (Å²) in [5, 5.41) is 12.7. The molecule has 0 fully saturated rings. The summed E-state index contributed by atoms with van der Waals surface area (Å²) in [6.45, 7) is 0. The number of aromatic nitrogens is 1. The minimum atomic E-state index is -4.54. The summed E-state index contributed by atoms with van der Waals surface area (Å²) in [6, 6.07) is 2.96. The maximum atomic E-state index is 12.4. The Kier molecular flexibility index (Phi) is 3.94. The molecule has 9 heteroatoms. The Morgan fingerprint density at radius 2 is 1.95 bits per heavy atom. The van der Waals surface area contributed by atoms with Crippen LogP contribution in [0.5, 0.6) is 0 Å². The number of rotatable bonds is 3. The van der Waals surface area contributed by atoms with Gasteiger partial charge in [0.2, 0.25) is 0 Å². The van der Waals surface area contributed by atoms with E-state index in [2.05, 4.69) is 10.3 Å². The summed E-state index contributed by atoms with van der Waals surface area (Å²) in [5.74, 6) is -2.00. The van der Waals surface area contributed by atoms with Gasteiger partial charge in [-0.15, -0.1) is 11.3 Å². The number of amides is 1. The molecule has 2 rings (SSSR count). The predicted molar refractivity (Wildman–Crippen MR) is 68.5 cm³/mol. The number of alkyl halides is 3. The quantitative estimate of drug-likeness (QED) is 0.912. The van der Waals surface area contributed by atoms with Crippen LogP contribution in [0.1, 0.15) is 26.4 Å². The number of hydrogen-bond acceptors (Lipinski definition) is 4. The highest BCUT2D eigenvalue weighted by molar-refractivity contribution is 7.14. The number of aromatic carboxylic acids is 1. The summed E-state index contributed by atoms with van der Waals surface area (Å²) < 4.78 is 37.1. The molecule has 21 heavy (non-hydrogen) atoms. The van der Waals surface area contributed by atoms with Gasteiger partial charge in [0, 0.05) is 6.20 Å². The van der Waals surface area contributed by atoms with Gasteiger partial charge in [-0.2, -0.15) is 13.2 Å². The Morgan fingerprint density at radius 1 is 1.24 bits per heavy atom. The molecule has 0 saturated carbocycles. The lowest BCUT2D eigenvalue weighted by atomic mass is 10.2. The Labute approximate surface area is 120 Å². The van der Waals surface area contributed by atoms with Gasteiger partial charge in [-0.25, -0.2) is 4.79 Å². The van der Waals surface area contributed by atoms with E-state index in [1.165, 1.54) is 11.4 Å². The van der Waals surface area contributed by atoms with Crippen LogP contribution < -0.4 is 5.32 Å². The Hall–Kier alpha value is -2.42. The largest absolute Gasteiger partial charge is 0.478 e. The van der Waals surface area contributed by atoms with E-state index >= 15 is 0 Å². The fraction of sp³-hybridized carbons (Fsp3) is 0.0833. The Bertz CT molecular complexity index is 680. The van der Waals surface area contributed by atoms with E-state index in [0.717, 1.165) is 23.5 Å². The monoisotopic (exact) mass is 316 g/mol. The second kappa shape index (κ2) is 5.52. The number of hydrogen-bond donors (Lipinski definition) is 2. The van der Waals surface area contributed by atoms with Crippen LogP contribution in [0, 0.1) is 0 Å². The van der Waals surface area contributed by atoms with Gasteiger partial charge < -0.3 is 10.4 Å². The van der Waals surface area contributed by atoms with Gasteiger partial charge in [0.1, 0.15) is 10.7 Å². The topological polar surface area (TPSA) is 79.3 Å². The van der Waals surface area contributed by atoms with E-state index in [4.69, 9.17) is 5.11 Å². The first-order valence-electron chi connectivity index (χ1n) is 5.44. The lowest BCUT2D eigenvalue weighted by Crippen LogP contribution is -2.15. The van der Waals surface area contributed by atoms with Gasteiger partial charge in [0.25, 0.3) is 5.91 Å². The van der Waals surface area contributed by atoms with Crippen molar-refractivity contribution >= 4 is 28.2 Å². The number of nitrogens with zero attached hydrogens (tertiary/aromatic N) is 1. The zero-order valence-electron chi connectivity index (χ0n) is 10.1. The van der Waals surface area contributed by atoms with Crippen molar-refractivity contribution in [3.63, 3.8) is 0 Å². The molecular weight excluding hydrogens is 309 g/mol. The SMILES string of the molecule is O=C(Nc1sccc1C(=O)O)c1ccc(C(F)(F)F)cn1. The average Bonchev–Trinajstić information content (AvgIpc) is 2.86. The minimum absolute atomic E-state index is 0.0918. The summed E-state index contributed by atoms with van der Waals surface area (Å²) in [5.41, 5.74) is -1.31. The molecule has 0 aliphatic heterocycles. The number of anilines is 1. The molecule has 0 aliphatic rings. The van der Waals surface area contributed by atoms with Crippen molar-refractivity contribution in [1.29, 1.82) is 0 Å². The van der Waals surface area contributed by atoms with E-state index < -0.39 is 23.6 Å². The number of halogens is 3. The molecular formula is C12H7F3N2O3S. The third-order valence-electron chi connectivity index (χ3n) is 2.45. The van der Waals surface area contributed by atoms with Crippen molar-refractivity contribution in [1.82, 2.24) is 4.98 Å². The molecule has 2 N–H and O–H groups in total. The Morgan fingerprint density at radius 3 is 2.48 bits per heavy atom. The first-order chi connectivity index (χ1) is 9.79. The molecule has 2 aromatic rings. The van der Waals surface area contributed by atoms with Gasteiger partial charge in [0.15, 0.2) is 0 Å². The van der Waals surface area contributed by atoms with E-state index in [1.54, 1.807) is 0 Å². The molecule has 2 heterocycles. The van der Waals surface area contributed by atoms with Gasteiger partial charge in [-0.1, -0.05) is 0 Å². The lowest BCUT2D eigenvalue weighted by Gasteiger charge is -2.07. The first-order valence-corrected chi connectivity index (χ1v) is 6.32. The summed E-state index contributed by atoms with van der Waals surface area (Å²) in [4.78, 5) is 26.1. The van der Waals surface area contributed by atoms with Gasteiger partial charge in [0.05, 0.1) is 11.1 Å².